The molecule has 2 fully saturated rings. The monoisotopic (exact) mass is 680 g/mol. The van der Waals surface area contributed by atoms with Gasteiger partial charge in [-0.1, -0.05) is 25.3 Å². The third-order valence-corrected chi connectivity index (χ3v) is 10.3. The highest BCUT2D eigenvalue weighted by Crippen LogP contribution is 2.43. The SMILES string of the molecule is C/C(=C\c1ccc2nc(C3(NC(=O)c4ccc5c(c4)c(C)c(-c4ncc(Br)cn4)n5C4CCCCC4)CCC3)n(C)c2c1)C(=O)O. The van der Waals surface area contributed by atoms with Crippen molar-refractivity contribution < 1.29 is 14.7 Å². The van der Waals surface area contributed by atoms with Crippen molar-refractivity contribution in [2.75, 3.05) is 0 Å². The second-order valence-corrected chi connectivity index (χ2v) is 13.8. The first-order chi connectivity index (χ1) is 22.1. The Labute approximate surface area is 275 Å². The predicted molar refractivity (Wildman–Crippen MR) is 183 cm³/mol. The van der Waals surface area contributed by atoms with Gasteiger partial charge in [0.05, 0.1) is 26.7 Å². The summed E-state index contributed by atoms with van der Waals surface area (Å²) >= 11 is 3.47. The lowest BCUT2D eigenvalue weighted by atomic mass is 9.75. The number of imidazole rings is 1. The van der Waals surface area contributed by atoms with Crippen molar-refractivity contribution in [2.24, 2.45) is 7.05 Å². The lowest BCUT2D eigenvalue weighted by molar-refractivity contribution is -0.132. The average molecular weight is 682 g/mol. The van der Waals surface area contributed by atoms with E-state index in [-0.39, 0.29) is 11.5 Å². The van der Waals surface area contributed by atoms with Crippen LogP contribution in [0.2, 0.25) is 0 Å². The van der Waals surface area contributed by atoms with Crippen molar-refractivity contribution in [3.63, 3.8) is 0 Å². The van der Waals surface area contributed by atoms with Crippen molar-refractivity contribution in [3.05, 3.63) is 81.4 Å². The van der Waals surface area contributed by atoms with E-state index in [4.69, 9.17) is 4.98 Å². The summed E-state index contributed by atoms with van der Waals surface area (Å²) < 4.78 is 5.29. The van der Waals surface area contributed by atoms with Gasteiger partial charge in [0.15, 0.2) is 5.82 Å². The Morgan fingerprint density at radius 3 is 2.43 bits per heavy atom. The first-order valence-corrected chi connectivity index (χ1v) is 16.8. The first kappa shape index (κ1) is 30.3. The van der Waals surface area contributed by atoms with Gasteiger partial charge in [-0.3, -0.25) is 4.79 Å². The zero-order valence-corrected chi connectivity index (χ0v) is 27.9. The maximum absolute atomic E-state index is 14.0. The summed E-state index contributed by atoms with van der Waals surface area (Å²) in [6.45, 7) is 3.69. The fourth-order valence-corrected chi connectivity index (χ4v) is 7.51. The molecule has 10 heteroatoms. The molecule has 5 aromatic rings. The predicted octanol–water partition coefficient (Wildman–Crippen LogP) is 7.86. The molecule has 46 heavy (non-hydrogen) atoms. The van der Waals surface area contributed by atoms with E-state index in [1.165, 1.54) is 19.3 Å². The van der Waals surface area contributed by atoms with E-state index >= 15 is 0 Å². The van der Waals surface area contributed by atoms with Gasteiger partial charge in [-0.2, -0.15) is 0 Å². The number of carbonyl (C=O) groups is 2. The third-order valence-electron chi connectivity index (χ3n) is 9.90. The second kappa shape index (κ2) is 11.8. The van der Waals surface area contributed by atoms with Crippen LogP contribution in [-0.2, 0) is 17.4 Å². The molecule has 2 aliphatic carbocycles. The van der Waals surface area contributed by atoms with Crippen molar-refractivity contribution in [1.29, 1.82) is 0 Å². The van der Waals surface area contributed by atoms with E-state index in [2.05, 4.69) is 48.8 Å². The Bertz CT molecular complexity index is 2030. The number of nitrogens with zero attached hydrogens (tertiary/aromatic N) is 5. The van der Waals surface area contributed by atoms with E-state index in [0.717, 1.165) is 81.2 Å². The summed E-state index contributed by atoms with van der Waals surface area (Å²) in [6, 6.07) is 12.2. The number of carboxylic acid groups (broad SMARTS) is 1. The molecular formula is C36H37BrN6O3. The van der Waals surface area contributed by atoms with Gasteiger partial charge in [-0.05, 0) is 109 Å². The third kappa shape index (κ3) is 5.22. The van der Waals surface area contributed by atoms with Gasteiger partial charge < -0.3 is 19.6 Å². The lowest BCUT2D eigenvalue weighted by Gasteiger charge is -2.41. The molecular weight excluding hydrogens is 644 g/mol. The highest BCUT2D eigenvalue weighted by molar-refractivity contribution is 9.10. The molecule has 0 aliphatic heterocycles. The zero-order valence-electron chi connectivity index (χ0n) is 26.3. The molecule has 0 atom stereocenters. The molecule has 0 radical (unpaired) electrons. The minimum atomic E-state index is -0.946. The molecule has 236 valence electrons. The Morgan fingerprint density at radius 1 is 1.02 bits per heavy atom. The standard InChI is InChI=1S/C36H37BrN6O3/c1-21(34(45)46)16-23-10-12-28-30(17-23)42(3)35(40-28)36(14-7-15-36)41-33(44)24-11-13-29-27(18-24)22(2)31(32-38-19-25(37)20-39-32)43(29)26-8-5-4-6-9-26/h10-13,16-20,26H,4-9,14-15H2,1-3H3,(H,41,44)(H,45,46)/b21-16+. The number of benzene rings is 2. The molecule has 2 aromatic carbocycles. The van der Waals surface area contributed by atoms with Gasteiger partial charge in [0.2, 0.25) is 0 Å². The molecule has 2 aliphatic rings. The lowest BCUT2D eigenvalue weighted by Crippen LogP contribution is -2.52. The summed E-state index contributed by atoms with van der Waals surface area (Å²) in [4.78, 5) is 39.7. The Hall–Kier alpha value is -4.31. The van der Waals surface area contributed by atoms with Crippen molar-refractivity contribution in [3.8, 4) is 11.5 Å². The summed E-state index contributed by atoms with van der Waals surface area (Å²) in [5, 5.41) is 13.7. The minimum Gasteiger partial charge on any atom is -0.478 e. The highest BCUT2D eigenvalue weighted by Gasteiger charge is 2.44. The van der Waals surface area contributed by atoms with Crippen molar-refractivity contribution in [2.45, 2.75) is 76.8 Å². The molecule has 0 saturated heterocycles. The van der Waals surface area contributed by atoms with Crippen molar-refractivity contribution >= 4 is 55.8 Å². The number of halogens is 1. The van der Waals surface area contributed by atoms with Crippen LogP contribution < -0.4 is 5.32 Å². The summed E-state index contributed by atoms with van der Waals surface area (Å²) in [7, 11) is 1.96. The number of carbonyl (C=O) groups excluding carboxylic acids is 1. The molecule has 0 unspecified atom stereocenters. The van der Waals surface area contributed by atoms with Crippen LogP contribution in [0.3, 0.4) is 0 Å². The first-order valence-electron chi connectivity index (χ1n) is 16.0. The number of rotatable bonds is 7. The van der Waals surface area contributed by atoms with Crippen molar-refractivity contribution in [1.82, 2.24) is 29.4 Å². The number of aliphatic carboxylic acids is 1. The number of hydrogen-bond donors (Lipinski definition) is 2. The van der Waals surface area contributed by atoms with Gasteiger partial charge in [0.1, 0.15) is 5.82 Å². The van der Waals surface area contributed by atoms with Crippen LogP contribution in [0.25, 0.3) is 39.5 Å². The number of amides is 1. The van der Waals surface area contributed by atoms with E-state index in [1.807, 2.05) is 41.9 Å². The normalized spacial score (nSPS) is 16.9. The summed E-state index contributed by atoms with van der Waals surface area (Å²) in [5.41, 5.74) is 6.02. The van der Waals surface area contributed by atoms with Crippen LogP contribution >= 0.6 is 15.9 Å². The number of nitrogens with one attached hydrogen (secondary N) is 1. The number of aryl methyl sites for hydroxylation is 2. The van der Waals surface area contributed by atoms with Crippen LogP contribution in [-0.4, -0.2) is 41.1 Å². The Morgan fingerprint density at radius 2 is 1.76 bits per heavy atom. The quantitative estimate of drug-likeness (QED) is 0.169. The topological polar surface area (TPSA) is 115 Å². The molecule has 0 spiro atoms. The van der Waals surface area contributed by atoms with Crippen LogP contribution in [0.4, 0.5) is 0 Å². The van der Waals surface area contributed by atoms with Gasteiger partial charge in [0.25, 0.3) is 5.91 Å². The second-order valence-electron chi connectivity index (χ2n) is 12.9. The fraction of sp³-hybridized carbons (Fsp3) is 0.361. The van der Waals surface area contributed by atoms with Gasteiger partial charge in [-0.15, -0.1) is 0 Å². The molecule has 1 amide bonds. The number of hydrogen-bond acceptors (Lipinski definition) is 5. The summed E-state index contributed by atoms with van der Waals surface area (Å²) in [6.07, 6.45) is 13.7. The number of carboxylic acids is 1. The molecule has 2 N–H and O–H groups in total. The average Bonchev–Trinajstić information content (AvgIpc) is 3.52. The van der Waals surface area contributed by atoms with Crippen LogP contribution in [0, 0.1) is 6.92 Å². The minimum absolute atomic E-state index is 0.124. The molecule has 2 saturated carbocycles. The molecule has 9 nitrogen and oxygen atoms in total. The fourth-order valence-electron chi connectivity index (χ4n) is 7.31. The molecule has 7 rings (SSSR count). The Kier molecular flexibility index (Phi) is 7.79. The maximum atomic E-state index is 14.0. The molecule has 3 heterocycles. The van der Waals surface area contributed by atoms with Gasteiger partial charge in [0, 0.05) is 47.5 Å². The van der Waals surface area contributed by atoms with Gasteiger partial charge >= 0.3 is 5.97 Å². The number of aromatic nitrogens is 5. The molecule has 3 aromatic heterocycles. The van der Waals surface area contributed by atoms with E-state index < -0.39 is 11.5 Å². The number of fused-ring (bicyclic) bond motifs is 2. The van der Waals surface area contributed by atoms with E-state index in [9.17, 15) is 14.7 Å². The van der Waals surface area contributed by atoms with Crippen LogP contribution in [0.1, 0.15) is 91.6 Å². The highest BCUT2D eigenvalue weighted by atomic mass is 79.9. The van der Waals surface area contributed by atoms with E-state index in [1.54, 1.807) is 25.4 Å². The van der Waals surface area contributed by atoms with Crippen LogP contribution in [0.5, 0.6) is 0 Å². The van der Waals surface area contributed by atoms with Gasteiger partial charge in [-0.25, -0.2) is 19.7 Å². The van der Waals surface area contributed by atoms with Crippen LogP contribution in [0.15, 0.2) is 58.8 Å². The smallest absolute Gasteiger partial charge is 0.331 e. The summed E-state index contributed by atoms with van der Waals surface area (Å²) in [5.74, 6) is 0.438. The molecule has 0 bridgehead atoms. The zero-order chi connectivity index (χ0) is 32.2. The largest absolute Gasteiger partial charge is 0.478 e. The Balaban J connectivity index is 1.24. The maximum Gasteiger partial charge on any atom is 0.331 e. The van der Waals surface area contributed by atoms with E-state index in [0.29, 0.717) is 17.4 Å².